The Morgan fingerprint density at radius 3 is 2.33 bits per heavy atom. The first-order valence-electron chi connectivity index (χ1n) is 7.36. The van der Waals surface area contributed by atoms with Gasteiger partial charge in [-0.1, -0.05) is 6.07 Å². The first-order chi connectivity index (χ1) is 11.7. The van der Waals surface area contributed by atoms with Gasteiger partial charge in [-0.05, 0) is 53.4 Å². The number of anilines is 1. The topological polar surface area (TPSA) is 64.4 Å². The molecule has 0 amide bonds. The van der Waals surface area contributed by atoms with Crippen molar-refractivity contribution in [2.24, 2.45) is 0 Å². The molecule has 1 unspecified atom stereocenters. The number of nitro groups is 1. The van der Waals surface area contributed by atoms with Crippen molar-refractivity contribution >= 4 is 22.7 Å². The number of hydrogen-bond donors (Lipinski definition) is 1. The van der Waals surface area contributed by atoms with Gasteiger partial charge in [0.1, 0.15) is 5.75 Å². The maximum Gasteiger partial charge on any atom is 0.269 e. The molecule has 0 fully saturated rings. The highest BCUT2D eigenvalue weighted by atomic mass is 32.1. The Hall–Kier alpha value is -2.86. The minimum absolute atomic E-state index is 0.0702. The molecule has 6 heteroatoms. The maximum atomic E-state index is 10.8. The second kappa shape index (κ2) is 7.14. The van der Waals surface area contributed by atoms with E-state index in [9.17, 15) is 10.1 Å². The van der Waals surface area contributed by atoms with Crippen molar-refractivity contribution in [1.82, 2.24) is 0 Å². The van der Waals surface area contributed by atoms with Gasteiger partial charge >= 0.3 is 0 Å². The molecule has 122 valence electrons. The van der Waals surface area contributed by atoms with Crippen LogP contribution >= 0.6 is 11.3 Å². The fraction of sp³-hybridized carbons (Fsp3) is 0.111. The summed E-state index contributed by atoms with van der Waals surface area (Å²) in [5, 5.41) is 16.3. The Bertz CT molecular complexity index is 799. The summed E-state index contributed by atoms with van der Waals surface area (Å²) in [6.07, 6.45) is 0. The summed E-state index contributed by atoms with van der Waals surface area (Å²) in [7, 11) is 1.63. The van der Waals surface area contributed by atoms with Gasteiger partial charge in [0, 0.05) is 22.7 Å². The van der Waals surface area contributed by atoms with Gasteiger partial charge in [0.2, 0.25) is 0 Å². The summed E-state index contributed by atoms with van der Waals surface area (Å²) < 4.78 is 5.18. The van der Waals surface area contributed by atoms with E-state index in [1.165, 1.54) is 12.1 Å². The van der Waals surface area contributed by atoms with Gasteiger partial charge in [-0.25, -0.2) is 0 Å². The molecule has 1 heterocycles. The van der Waals surface area contributed by atoms with E-state index in [0.29, 0.717) is 0 Å². The van der Waals surface area contributed by atoms with Crippen LogP contribution in [0.1, 0.15) is 16.5 Å². The first kappa shape index (κ1) is 16.0. The number of ether oxygens (including phenoxy) is 1. The summed E-state index contributed by atoms with van der Waals surface area (Å²) in [6.45, 7) is 0. The smallest absolute Gasteiger partial charge is 0.269 e. The van der Waals surface area contributed by atoms with Crippen molar-refractivity contribution in [3.63, 3.8) is 0 Å². The Kier molecular flexibility index (Phi) is 4.77. The van der Waals surface area contributed by atoms with Crippen LogP contribution in [0, 0.1) is 10.1 Å². The van der Waals surface area contributed by atoms with E-state index in [1.807, 2.05) is 41.8 Å². The molecule has 0 saturated carbocycles. The molecule has 3 rings (SSSR count). The average Bonchev–Trinajstić information content (AvgIpc) is 3.14. The van der Waals surface area contributed by atoms with Gasteiger partial charge in [0.25, 0.3) is 5.69 Å². The molecular formula is C18H16N2O3S. The number of methoxy groups -OCH3 is 1. The van der Waals surface area contributed by atoms with E-state index in [-0.39, 0.29) is 16.7 Å². The largest absolute Gasteiger partial charge is 0.497 e. The molecule has 3 aromatic rings. The van der Waals surface area contributed by atoms with Crippen LogP contribution < -0.4 is 10.1 Å². The lowest BCUT2D eigenvalue weighted by Gasteiger charge is -2.19. The van der Waals surface area contributed by atoms with Crippen LogP contribution in [0.2, 0.25) is 0 Å². The van der Waals surface area contributed by atoms with Crippen molar-refractivity contribution in [2.45, 2.75) is 6.04 Å². The fourth-order valence-corrected chi connectivity index (χ4v) is 3.22. The van der Waals surface area contributed by atoms with E-state index < -0.39 is 0 Å². The van der Waals surface area contributed by atoms with Crippen molar-refractivity contribution in [1.29, 1.82) is 0 Å². The van der Waals surface area contributed by atoms with Gasteiger partial charge in [-0.15, -0.1) is 11.3 Å². The molecule has 0 aliphatic heterocycles. The number of nitrogens with one attached hydrogen (secondary N) is 1. The zero-order valence-corrected chi connectivity index (χ0v) is 13.8. The molecule has 1 N–H and O–H groups in total. The van der Waals surface area contributed by atoms with E-state index in [4.69, 9.17) is 4.74 Å². The third-order valence-corrected chi connectivity index (χ3v) is 4.60. The molecule has 0 spiro atoms. The molecule has 5 nitrogen and oxygen atoms in total. The number of hydrogen-bond acceptors (Lipinski definition) is 5. The van der Waals surface area contributed by atoms with Crippen LogP contribution in [0.25, 0.3) is 0 Å². The lowest BCUT2D eigenvalue weighted by atomic mass is 10.0. The zero-order chi connectivity index (χ0) is 16.9. The van der Waals surface area contributed by atoms with Crippen molar-refractivity contribution in [2.75, 3.05) is 12.4 Å². The molecule has 0 aliphatic rings. The standard InChI is InChI=1S/C18H16N2O3S/c1-23-16-10-6-14(7-11-16)19-18(17-3-2-12-24-17)13-4-8-15(9-5-13)20(21)22/h2-12,18-19H,1H3. The minimum atomic E-state index is -0.388. The number of non-ortho nitro benzene ring substituents is 1. The average molecular weight is 340 g/mol. The molecule has 0 aliphatic carbocycles. The Morgan fingerprint density at radius 2 is 1.79 bits per heavy atom. The molecule has 0 bridgehead atoms. The molecular weight excluding hydrogens is 324 g/mol. The predicted octanol–water partition coefficient (Wildman–Crippen LogP) is 4.87. The van der Waals surface area contributed by atoms with E-state index in [0.717, 1.165) is 21.9 Å². The number of thiophene rings is 1. The van der Waals surface area contributed by atoms with Crippen LogP contribution in [0.5, 0.6) is 5.75 Å². The highest BCUT2D eigenvalue weighted by molar-refractivity contribution is 7.10. The van der Waals surface area contributed by atoms with Crippen molar-refractivity contribution < 1.29 is 9.66 Å². The molecule has 1 atom stereocenters. The maximum absolute atomic E-state index is 10.8. The van der Waals surface area contributed by atoms with Gasteiger partial charge in [0.05, 0.1) is 18.1 Å². The summed E-state index contributed by atoms with van der Waals surface area (Å²) in [5.41, 5.74) is 2.01. The van der Waals surface area contributed by atoms with Crippen LogP contribution in [0.3, 0.4) is 0 Å². The third-order valence-electron chi connectivity index (χ3n) is 3.67. The Balaban J connectivity index is 1.90. The number of nitrogens with zero attached hydrogens (tertiary/aromatic N) is 1. The highest BCUT2D eigenvalue weighted by Crippen LogP contribution is 2.31. The van der Waals surface area contributed by atoms with E-state index in [2.05, 4.69) is 5.32 Å². The van der Waals surface area contributed by atoms with Crippen LogP contribution in [-0.4, -0.2) is 12.0 Å². The van der Waals surface area contributed by atoms with Gasteiger partial charge in [-0.2, -0.15) is 0 Å². The third kappa shape index (κ3) is 3.55. The van der Waals surface area contributed by atoms with Gasteiger partial charge in [0.15, 0.2) is 0 Å². The molecule has 1 aromatic heterocycles. The fourth-order valence-electron chi connectivity index (χ4n) is 2.42. The van der Waals surface area contributed by atoms with Crippen molar-refractivity contribution in [3.05, 3.63) is 86.6 Å². The van der Waals surface area contributed by atoms with Crippen LogP contribution in [-0.2, 0) is 0 Å². The zero-order valence-electron chi connectivity index (χ0n) is 13.0. The number of benzene rings is 2. The Labute approximate surface area is 143 Å². The summed E-state index contributed by atoms with van der Waals surface area (Å²) in [6, 6.07) is 18.3. The lowest BCUT2D eigenvalue weighted by Crippen LogP contribution is -2.11. The van der Waals surface area contributed by atoms with Crippen LogP contribution in [0.4, 0.5) is 11.4 Å². The second-order valence-corrected chi connectivity index (χ2v) is 6.15. The SMILES string of the molecule is COc1ccc(NC(c2ccc([N+](=O)[O-])cc2)c2cccs2)cc1. The number of nitro benzene ring substituents is 1. The monoisotopic (exact) mass is 340 g/mol. The Morgan fingerprint density at radius 1 is 1.08 bits per heavy atom. The summed E-state index contributed by atoms with van der Waals surface area (Å²) in [4.78, 5) is 11.6. The van der Waals surface area contributed by atoms with Crippen LogP contribution in [0.15, 0.2) is 66.0 Å². The normalized spacial score (nSPS) is 11.7. The molecule has 0 radical (unpaired) electrons. The van der Waals surface area contributed by atoms with Gasteiger partial charge < -0.3 is 10.1 Å². The van der Waals surface area contributed by atoms with E-state index >= 15 is 0 Å². The lowest BCUT2D eigenvalue weighted by molar-refractivity contribution is -0.384. The first-order valence-corrected chi connectivity index (χ1v) is 8.23. The summed E-state index contributed by atoms with van der Waals surface area (Å²) in [5.74, 6) is 0.795. The number of rotatable bonds is 6. The van der Waals surface area contributed by atoms with Gasteiger partial charge in [-0.3, -0.25) is 10.1 Å². The second-order valence-electron chi connectivity index (χ2n) is 5.17. The minimum Gasteiger partial charge on any atom is -0.497 e. The van der Waals surface area contributed by atoms with E-state index in [1.54, 1.807) is 30.6 Å². The van der Waals surface area contributed by atoms with Crippen molar-refractivity contribution in [3.8, 4) is 5.75 Å². The molecule has 2 aromatic carbocycles. The predicted molar refractivity (Wildman–Crippen MR) is 95.9 cm³/mol. The highest BCUT2D eigenvalue weighted by Gasteiger charge is 2.16. The molecule has 0 saturated heterocycles. The summed E-state index contributed by atoms with van der Waals surface area (Å²) >= 11 is 1.64. The molecule has 24 heavy (non-hydrogen) atoms. The quantitative estimate of drug-likeness (QED) is 0.514.